The van der Waals surface area contributed by atoms with E-state index in [1.807, 2.05) is 0 Å². The largest absolute Gasteiger partial charge is 0.497 e. The van der Waals surface area contributed by atoms with Gasteiger partial charge >= 0.3 is 0 Å². The molecule has 0 spiro atoms. The Morgan fingerprint density at radius 1 is 1.15 bits per heavy atom. The molecule has 0 heterocycles. The Hall–Kier alpha value is -3.07. The average molecular weight is 270 g/mol. The first-order valence-electron chi connectivity index (χ1n) is 5.64. The van der Waals surface area contributed by atoms with Crippen LogP contribution in [0.5, 0.6) is 17.2 Å². The molecule has 0 aliphatic carbocycles. The van der Waals surface area contributed by atoms with Crippen molar-refractivity contribution in [3.63, 3.8) is 0 Å². The van der Waals surface area contributed by atoms with E-state index in [4.69, 9.17) is 14.7 Å². The van der Waals surface area contributed by atoms with Gasteiger partial charge < -0.3 is 9.47 Å². The Kier molecular flexibility index (Phi) is 3.82. The number of methoxy groups -OCH3 is 1. The fourth-order valence-electron chi connectivity index (χ4n) is 1.63. The summed E-state index contributed by atoms with van der Waals surface area (Å²) in [6, 6.07) is 12.7. The standard InChI is InChI=1S/C14H10N2O4/c1-19-11-3-2-4-12(8-11)20-13-5-6-14(16(17)18)10(7-13)9-15/h2-8H,1H3. The molecule has 0 N–H and O–H groups in total. The fraction of sp³-hybridized carbons (Fsp3) is 0.0714. The zero-order valence-electron chi connectivity index (χ0n) is 10.6. The van der Waals surface area contributed by atoms with E-state index in [0.29, 0.717) is 17.2 Å². The van der Waals surface area contributed by atoms with Crippen molar-refractivity contribution in [2.75, 3.05) is 7.11 Å². The number of nitro groups is 1. The van der Waals surface area contributed by atoms with Crippen molar-refractivity contribution in [3.05, 3.63) is 58.1 Å². The van der Waals surface area contributed by atoms with Gasteiger partial charge in [0, 0.05) is 18.2 Å². The molecule has 0 aliphatic rings. The zero-order chi connectivity index (χ0) is 14.5. The fourth-order valence-corrected chi connectivity index (χ4v) is 1.63. The first kappa shape index (κ1) is 13.4. The molecule has 100 valence electrons. The number of hydrogen-bond acceptors (Lipinski definition) is 5. The minimum atomic E-state index is -0.603. The van der Waals surface area contributed by atoms with E-state index < -0.39 is 4.92 Å². The van der Waals surface area contributed by atoms with Crippen molar-refractivity contribution in [1.29, 1.82) is 5.26 Å². The highest BCUT2D eigenvalue weighted by Gasteiger charge is 2.14. The highest BCUT2D eigenvalue weighted by Crippen LogP contribution is 2.28. The Morgan fingerprint density at radius 3 is 2.50 bits per heavy atom. The summed E-state index contributed by atoms with van der Waals surface area (Å²) in [7, 11) is 1.54. The molecule has 0 aromatic heterocycles. The third-order valence-electron chi connectivity index (χ3n) is 2.56. The van der Waals surface area contributed by atoms with Crippen LogP contribution in [0.4, 0.5) is 5.69 Å². The molecule has 20 heavy (non-hydrogen) atoms. The van der Waals surface area contributed by atoms with Crippen LogP contribution >= 0.6 is 0 Å². The number of ether oxygens (including phenoxy) is 2. The molecule has 0 radical (unpaired) electrons. The molecule has 6 nitrogen and oxygen atoms in total. The van der Waals surface area contributed by atoms with Gasteiger partial charge in [-0.1, -0.05) is 6.07 Å². The molecule has 0 bridgehead atoms. The molecule has 2 aromatic carbocycles. The van der Waals surface area contributed by atoms with Gasteiger partial charge in [-0.2, -0.15) is 5.26 Å². The second-order valence-corrected chi connectivity index (χ2v) is 3.83. The van der Waals surface area contributed by atoms with Crippen molar-refractivity contribution < 1.29 is 14.4 Å². The number of nitrogens with zero attached hydrogens (tertiary/aromatic N) is 2. The van der Waals surface area contributed by atoms with Crippen molar-refractivity contribution in [2.45, 2.75) is 0 Å². The number of benzene rings is 2. The van der Waals surface area contributed by atoms with E-state index >= 15 is 0 Å². The first-order chi connectivity index (χ1) is 9.63. The molecule has 0 saturated heterocycles. The van der Waals surface area contributed by atoms with E-state index in [0.717, 1.165) is 0 Å². The predicted molar refractivity (Wildman–Crippen MR) is 70.9 cm³/mol. The molecule has 2 rings (SSSR count). The number of hydrogen-bond donors (Lipinski definition) is 0. The summed E-state index contributed by atoms with van der Waals surface area (Å²) in [6.45, 7) is 0. The van der Waals surface area contributed by atoms with Crippen molar-refractivity contribution in [3.8, 4) is 23.3 Å². The maximum absolute atomic E-state index is 10.7. The van der Waals surface area contributed by atoms with Gasteiger partial charge in [-0.25, -0.2) is 0 Å². The van der Waals surface area contributed by atoms with Crippen LogP contribution in [-0.2, 0) is 0 Å². The second-order valence-electron chi connectivity index (χ2n) is 3.83. The molecule has 0 unspecified atom stereocenters. The van der Waals surface area contributed by atoms with Crippen LogP contribution in [-0.4, -0.2) is 12.0 Å². The lowest BCUT2D eigenvalue weighted by Crippen LogP contribution is -1.93. The lowest BCUT2D eigenvalue weighted by molar-refractivity contribution is -0.385. The molecule has 2 aromatic rings. The lowest BCUT2D eigenvalue weighted by Gasteiger charge is -2.07. The van der Waals surface area contributed by atoms with E-state index in [1.165, 1.54) is 18.2 Å². The SMILES string of the molecule is COc1cccc(Oc2ccc([N+](=O)[O-])c(C#N)c2)c1. The van der Waals surface area contributed by atoms with E-state index in [-0.39, 0.29) is 11.3 Å². The maximum Gasteiger partial charge on any atom is 0.287 e. The van der Waals surface area contributed by atoms with Gasteiger partial charge in [0.25, 0.3) is 5.69 Å². The van der Waals surface area contributed by atoms with Crippen molar-refractivity contribution in [1.82, 2.24) is 0 Å². The van der Waals surface area contributed by atoms with Gasteiger partial charge in [0.15, 0.2) is 0 Å². The zero-order valence-corrected chi connectivity index (χ0v) is 10.6. The molecule has 0 fully saturated rings. The predicted octanol–water partition coefficient (Wildman–Crippen LogP) is 3.27. The van der Waals surface area contributed by atoms with Gasteiger partial charge in [-0.05, 0) is 18.2 Å². The van der Waals surface area contributed by atoms with Gasteiger partial charge in [0.2, 0.25) is 0 Å². The Bertz CT molecular complexity index is 692. The Balaban J connectivity index is 2.30. The third-order valence-corrected chi connectivity index (χ3v) is 2.56. The third kappa shape index (κ3) is 2.84. The summed E-state index contributed by atoms with van der Waals surface area (Å²) in [5.74, 6) is 1.49. The van der Waals surface area contributed by atoms with E-state index in [1.54, 1.807) is 37.4 Å². The van der Waals surface area contributed by atoms with Gasteiger partial charge in [-0.15, -0.1) is 0 Å². The summed E-state index contributed by atoms with van der Waals surface area (Å²) in [5, 5.41) is 19.6. The summed E-state index contributed by atoms with van der Waals surface area (Å²) in [5.41, 5.74) is -0.291. The topological polar surface area (TPSA) is 85.4 Å². The van der Waals surface area contributed by atoms with Crippen LogP contribution in [0.15, 0.2) is 42.5 Å². The van der Waals surface area contributed by atoms with Crippen molar-refractivity contribution >= 4 is 5.69 Å². The first-order valence-corrected chi connectivity index (χ1v) is 5.64. The average Bonchev–Trinajstić information content (AvgIpc) is 2.47. The normalized spacial score (nSPS) is 9.60. The van der Waals surface area contributed by atoms with E-state index in [9.17, 15) is 10.1 Å². The smallest absolute Gasteiger partial charge is 0.287 e. The highest BCUT2D eigenvalue weighted by atomic mass is 16.6. The molecule has 0 amide bonds. The molecule has 0 saturated carbocycles. The van der Waals surface area contributed by atoms with Crippen LogP contribution in [0.2, 0.25) is 0 Å². The maximum atomic E-state index is 10.7. The number of nitriles is 1. The second kappa shape index (κ2) is 5.71. The van der Waals surface area contributed by atoms with Crippen LogP contribution in [0.3, 0.4) is 0 Å². The Morgan fingerprint density at radius 2 is 1.85 bits per heavy atom. The van der Waals surface area contributed by atoms with E-state index in [2.05, 4.69) is 0 Å². The molecule has 0 aliphatic heterocycles. The van der Waals surface area contributed by atoms with Crippen LogP contribution < -0.4 is 9.47 Å². The monoisotopic (exact) mass is 270 g/mol. The minimum Gasteiger partial charge on any atom is -0.497 e. The highest BCUT2D eigenvalue weighted by molar-refractivity contribution is 5.52. The molecular weight excluding hydrogens is 260 g/mol. The number of rotatable bonds is 4. The molecular formula is C14H10N2O4. The van der Waals surface area contributed by atoms with Crippen LogP contribution in [0.1, 0.15) is 5.56 Å². The van der Waals surface area contributed by atoms with Crippen LogP contribution in [0, 0.1) is 21.4 Å². The van der Waals surface area contributed by atoms with Crippen LogP contribution in [0.25, 0.3) is 0 Å². The quantitative estimate of drug-likeness (QED) is 0.628. The van der Waals surface area contributed by atoms with Crippen molar-refractivity contribution in [2.24, 2.45) is 0 Å². The summed E-state index contributed by atoms with van der Waals surface area (Å²) in [4.78, 5) is 10.1. The Labute approximate surface area is 114 Å². The summed E-state index contributed by atoms with van der Waals surface area (Å²) >= 11 is 0. The number of nitro benzene ring substituents is 1. The lowest BCUT2D eigenvalue weighted by atomic mass is 10.2. The van der Waals surface area contributed by atoms with Gasteiger partial charge in [-0.3, -0.25) is 10.1 Å². The summed E-state index contributed by atoms with van der Waals surface area (Å²) < 4.78 is 10.6. The minimum absolute atomic E-state index is 0.0459. The van der Waals surface area contributed by atoms with Gasteiger partial charge in [0.05, 0.1) is 12.0 Å². The van der Waals surface area contributed by atoms with Gasteiger partial charge in [0.1, 0.15) is 28.9 Å². The molecule has 0 atom stereocenters. The summed E-state index contributed by atoms with van der Waals surface area (Å²) in [6.07, 6.45) is 0. The molecule has 6 heteroatoms.